The van der Waals surface area contributed by atoms with Crippen LogP contribution < -0.4 is 10.1 Å². The quantitative estimate of drug-likeness (QED) is 0.458. The van der Waals surface area contributed by atoms with Gasteiger partial charge in [-0.1, -0.05) is 33.3 Å². The second-order valence-electron chi connectivity index (χ2n) is 9.31. The van der Waals surface area contributed by atoms with Crippen LogP contribution in [0, 0.1) is 11.7 Å². The Labute approximate surface area is 198 Å². The van der Waals surface area contributed by atoms with Gasteiger partial charge in [0.1, 0.15) is 17.9 Å². The number of benzene rings is 1. The number of nitrogens with zero attached hydrogens (tertiary/aromatic N) is 4. The molecule has 1 atom stereocenters. The summed E-state index contributed by atoms with van der Waals surface area (Å²) in [5.41, 5.74) is 1.12. The van der Waals surface area contributed by atoms with Crippen LogP contribution in [0.3, 0.4) is 0 Å². The van der Waals surface area contributed by atoms with E-state index < -0.39 is 11.4 Å². The molecule has 1 aliphatic heterocycles. The van der Waals surface area contributed by atoms with E-state index in [9.17, 15) is 4.79 Å². The van der Waals surface area contributed by atoms with Gasteiger partial charge in [-0.05, 0) is 37.0 Å². The zero-order chi connectivity index (χ0) is 24.3. The summed E-state index contributed by atoms with van der Waals surface area (Å²) in [4.78, 5) is 17.6. The first kappa shape index (κ1) is 23.7. The molecule has 1 unspecified atom stereocenters. The number of aromatic amines is 1. The molecule has 8 nitrogen and oxygen atoms in total. The zero-order valence-electron chi connectivity index (χ0n) is 20.1. The lowest BCUT2D eigenvalue weighted by Crippen LogP contribution is -2.48. The maximum Gasteiger partial charge on any atom is 0.256 e. The second-order valence-corrected chi connectivity index (χ2v) is 9.31. The lowest BCUT2D eigenvalue weighted by atomic mass is 9.79. The van der Waals surface area contributed by atoms with Gasteiger partial charge >= 0.3 is 0 Å². The summed E-state index contributed by atoms with van der Waals surface area (Å²) in [6.45, 7) is 9.42. The van der Waals surface area contributed by atoms with Crippen LogP contribution in [0.5, 0.6) is 5.75 Å². The summed E-state index contributed by atoms with van der Waals surface area (Å²) in [5, 5.41) is 14.4. The van der Waals surface area contributed by atoms with E-state index in [0.717, 1.165) is 19.4 Å². The van der Waals surface area contributed by atoms with E-state index in [0.29, 0.717) is 52.9 Å². The highest BCUT2D eigenvalue weighted by Gasteiger charge is 2.41. The Bertz CT molecular complexity index is 1180. The summed E-state index contributed by atoms with van der Waals surface area (Å²) >= 11 is 0. The topological polar surface area (TPSA) is 97.7 Å². The number of carbonyl (C=O) groups is 1. The van der Waals surface area contributed by atoms with Crippen molar-refractivity contribution in [2.45, 2.75) is 59.0 Å². The molecule has 0 radical (unpaired) electrons. The van der Waals surface area contributed by atoms with Crippen molar-refractivity contribution in [3.8, 4) is 5.75 Å². The van der Waals surface area contributed by atoms with Crippen molar-refractivity contribution >= 4 is 17.1 Å². The summed E-state index contributed by atoms with van der Waals surface area (Å²) in [5.74, 6) is 0.466. The molecule has 4 rings (SSSR count). The van der Waals surface area contributed by atoms with Crippen LogP contribution in [0.2, 0.25) is 0 Å². The fourth-order valence-electron chi connectivity index (χ4n) is 4.26. The van der Waals surface area contributed by atoms with Gasteiger partial charge in [0.05, 0.1) is 23.4 Å². The average molecular weight is 467 g/mol. The number of carbonyl (C=O) groups excluding carboxylic acids is 1. The Balaban J connectivity index is 1.72. The Morgan fingerprint density at radius 3 is 2.79 bits per heavy atom. The zero-order valence-corrected chi connectivity index (χ0v) is 20.1. The highest BCUT2D eigenvalue weighted by molar-refractivity contribution is 6.27. The van der Waals surface area contributed by atoms with E-state index in [1.54, 1.807) is 12.1 Å². The number of H-pyrrole nitrogens is 1. The summed E-state index contributed by atoms with van der Waals surface area (Å²) in [6.07, 6.45) is 5.49. The van der Waals surface area contributed by atoms with E-state index in [4.69, 9.17) is 9.84 Å². The smallest absolute Gasteiger partial charge is 0.256 e. The number of hydrogen-bond acceptors (Lipinski definition) is 5. The molecule has 1 aliphatic rings. The van der Waals surface area contributed by atoms with Gasteiger partial charge in [0, 0.05) is 30.8 Å². The van der Waals surface area contributed by atoms with Crippen LogP contribution in [0.25, 0.3) is 11.1 Å². The number of halogens is 1. The van der Waals surface area contributed by atoms with Gasteiger partial charge in [-0.2, -0.15) is 10.2 Å². The Hall–Kier alpha value is -3.49. The SMILES string of the molecule is CCCCOc1ccc(C2(C)CC(c3ccn(CC(C)C)n3)=C(c3ncn[nH]3)C(=O)N2)c(F)c1. The van der Waals surface area contributed by atoms with Gasteiger partial charge in [0.2, 0.25) is 0 Å². The van der Waals surface area contributed by atoms with Crippen LogP contribution in [0.1, 0.15) is 64.0 Å². The summed E-state index contributed by atoms with van der Waals surface area (Å²) < 4.78 is 22.8. The fraction of sp³-hybridized carbons (Fsp3) is 0.440. The minimum absolute atomic E-state index is 0.334. The standard InChI is InChI=1S/C25H31FN6O2/c1-5-6-11-34-17-7-8-19(20(26)12-17)25(4)13-18(21-9-10-32(31-21)14-16(2)3)22(24(33)29-25)23-27-15-28-30-23/h7-10,12,15-16H,5-6,11,13-14H2,1-4H3,(H,29,33)(H,27,28,30). The van der Waals surface area contributed by atoms with E-state index in [2.05, 4.69) is 41.3 Å². The molecule has 180 valence electrons. The first-order valence-electron chi connectivity index (χ1n) is 11.7. The van der Waals surface area contributed by atoms with Crippen molar-refractivity contribution < 1.29 is 13.9 Å². The van der Waals surface area contributed by atoms with Gasteiger partial charge in [0.25, 0.3) is 5.91 Å². The minimum atomic E-state index is -0.982. The van der Waals surface area contributed by atoms with Crippen LogP contribution in [0.15, 0.2) is 36.8 Å². The van der Waals surface area contributed by atoms with Crippen molar-refractivity contribution in [2.75, 3.05) is 6.61 Å². The normalized spacial score (nSPS) is 18.5. The monoisotopic (exact) mass is 466 g/mol. The molecular formula is C25H31FN6O2. The molecule has 1 amide bonds. The molecule has 0 saturated heterocycles. The first-order chi connectivity index (χ1) is 16.3. The van der Waals surface area contributed by atoms with Gasteiger partial charge in [-0.3, -0.25) is 14.6 Å². The lowest BCUT2D eigenvalue weighted by molar-refractivity contribution is -0.117. The lowest BCUT2D eigenvalue weighted by Gasteiger charge is -2.37. The molecule has 0 fully saturated rings. The van der Waals surface area contributed by atoms with Gasteiger partial charge < -0.3 is 10.1 Å². The van der Waals surface area contributed by atoms with E-state index in [1.807, 2.05) is 23.9 Å². The molecule has 2 aromatic heterocycles. The Kier molecular flexibility index (Phi) is 6.81. The number of nitrogens with one attached hydrogen (secondary N) is 2. The van der Waals surface area contributed by atoms with Gasteiger partial charge in [-0.25, -0.2) is 9.37 Å². The van der Waals surface area contributed by atoms with Crippen molar-refractivity contribution in [3.63, 3.8) is 0 Å². The molecule has 2 N–H and O–H groups in total. The number of unbranched alkanes of at least 4 members (excludes halogenated alkanes) is 1. The third kappa shape index (κ3) is 4.88. The largest absolute Gasteiger partial charge is 0.493 e. The molecule has 3 heterocycles. The summed E-state index contributed by atoms with van der Waals surface area (Å²) in [6, 6.07) is 6.70. The maximum absolute atomic E-state index is 15.3. The molecule has 34 heavy (non-hydrogen) atoms. The molecule has 3 aromatic rings. The number of amides is 1. The number of rotatable bonds is 9. The highest BCUT2D eigenvalue weighted by Crippen LogP contribution is 2.41. The van der Waals surface area contributed by atoms with Crippen molar-refractivity contribution in [3.05, 3.63) is 59.7 Å². The average Bonchev–Trinajstić information content (AvgIpc) is 3.45. The predicted molar refractivity (Wildman–Crippen MR) is 127 cm³/mol. The second kappa shape index (κ2) is 9.79. The predicted octanol–water partition coefficient (Wildman–Crippen LogP) is 4.32. The number of aromatic nitrogens is 5. The molecule has 0 aliphatic carbocycles. The van der Waals surface area contributed by atoms with Crippen LogP contribution in [0.4, 0.5) is 4.39 Å². The van der Waals surface area contributed by atoms with Crippen molar-refractivity contribution in [2.24, 2.45) is 5.92 Å². The maximum atomic E-state index is 15.3. The fourth-order valence-corrected chi connectivity index (χ4v) is 4.26. The van der Waals surface area contributed by atoms with E-state index >= 15 is 4.39 Å². The van der Waals surface area contributed by atoms with Crippen molar-refractivity contribution in [1.29, 1.82) is 0 Å². The van der Waals surface area contributed by atoms with Crippen LogP contribution in [-0.2, 0) is 16.9 Å². The van der Waals surface area contributed by atoms with E-state index in [1.165, 1.54) is 12.4 Å². The minimum Gasteiger partial charge on any atom is -0.493 e. The van der Waals surface area contributed by atoms with Gasteiger partial charge in [-0.15, -0.1) is 0 Å². The third-order valence-corrected chi connectivity index (χ3v) is 5.90. The third-order valence-electron chi connectivity index (χ3n) is 5.90. The molecule has 1 aromatic carbocycles. The number of ether oxygens (including phenoxy) is 1. The molecule has 0 bridgehead atoms. The Morgan fingerprint density at radius 2 is 2.12 bits per heavy atom. The summed E-state index contributed by atoms with van der Waals surface area (Å²) in [7, 11) is 0. The molecular weight excluding hydrogens is 435 g/mol. The van der Waals surface area contributed by atoms with Gasteiger partial charge in [0.15, 0.2) is 5.82 Å². The molecule has 9 heteroatoms. The van der Waals surface area contributed by atoms with Crippen molar-refractivity contribution in [1.82, 2.24) is 30.3 Å². The Morgan fingerprint density at radius 1 is 1.29 bits per heavy atom. The van der Waals surface area contributed by atoms with Crippen LogP contribution >= 0.6 is 0 Å². The first-order valence-corrected chi connectivity index (χ1v) is 11.7. The molecule has 0 spiro atoms. The van der Waals surface area contributed by atoms with Crippen LogP contribution in [-0.4, -0.2) is 37.5 Å². The van der Waals surface area contributed by atoms with E-state index in [-0.39, 0.29) is 5.91 Å². The number of hydrogen-bond donors (Lipinski definition) is 2. The highest BCUT2D eigenvalue weighted by atomic mass is 19.1. The molecule has 0 saturated carbocycles.